The second-order valence-corrected chi connectivity index (χ2v) is 10.4. The predicted molar refractivity (Wildman–Crippen MR) is 160 cm³/mol. The Kier molecular flexibility index (Phi) is 9.89. The van der Waals surface area contributed by atoms with Crippen LogP contribution in [0.5, 0.6) is 5.75 Å². The number of benzene rings is 3. The highest BCUT2D eigenvalue weighted by molar-refractivity contribution is 5.70. The van der Waals surface area contributed by atoms with Gasteiger partial charge in [-0.2, -0.15) is 0 Å². The van der Waals surface area contributed by atoms with Crippen molar-refractivity contribution in [1.29, 1.82) is 0 Å². The van der Waals surface area contributed by atoms with Gasteiger partial charge in [0.25, 0.3) is 0 Å². The molecule has 1 aromatic heterocycles. The fourth-order valence-corrected chi connectivity index (χ4v) is 5.16. The lowest BCUT2D eigenvalue weighted by Crippen LogP contribution is -2.27. The van der Waals surface area contributed by atoms with Crippen molar-refractivity contribution in [3.8, 4) is 17.0 Å². The van der Waals surface area contributed by atoms with Crippen LogP contribution in [0.1, 0.15) is 61.2 Å². The van der Waals surface area contributed by atoms with E-state index in [1.54, 1.807) is 6.07 Å². The van der Waals surface area contributed by atoms with Crippen LogP contribution < -0.4 is 4.74 Å². The molecule has 39 heavy (non-hydrogen) atoms. The smallest absolute Gasteiger partial charge is 0.128 e. The number of ether oxygens (including phenoxy) is 1. The normalized spacial score (nSPS) is 11.4. The number of aromatic nitrogens is 1. The van der Waals surface area contributed by atoms with Crippen LogP contribution in [-0.4, -0.2) is 22.5 Å². The first kappa shape index (κ1) is 28.5. The fourth-order valence-electron chi connectivity index (χ4n) is 5.16. The second kappa shape index (κ2) is 13.5. The van der Waals surface area contributed by atoms with Crippen molar-refractivity contribution in [2.45, 2.75) is 73.1 Å². The van der Waals surface area contributed by atoms with Gasteiger partial charge in [0.05, 0.1) is 11.8 Å². The van der Waals surface area contributed by atoms with Gasteiger partial charge in [0.2, 0.25) is 0 Å². The van der Waals surface area contributed by atoms with Gasteiger partial charge in [0.15, 0.2) is 0 Å². The predicted octanol–water partition coefficient (Wildman–Crippen LogP) is 8.35. The van der Waals surface area contributed by atoms with Crippen LogP contribution in [0.3, 0.4) is 0 Å². The van der Waals surface area contributed by atoms with E-state index < -0.39 is 0 Å². The molecule has 0 aliphatic rings. The highest BCUT2D eigenvalue weighted by Crippen LogP contribution is 2.34. The Bertz CT molecular complexity index is 1340. The highest BCUT2D eigenvalue weighted by atomic mass is 19.1. The highest BCUT2D eigenvalue weighted by Gasteiger charge is 2.20. The van der Waals surface area contributed by atoms with Gasteiger partial charge in [-0.05, 0) is 62.8 Å². The van der Waals surface area contributed by atoms with E-state index in [0.717, 1.165) is 48.5 Å². The molecule has 204 valence electrons. The number of halogens is 1. The molecule has 0 amide bonds. The zero-order valence-corrected chi connectivity index (χ0v) is 24.0. The van der Waals surface area contributed by atoms with Crippen LogP contribution in [0, 0.1) is 12.7 Å². The summed E-state index contributed by atoms with van der Waals surface area (Å²) in [6.07, 6.45) is 2.79. The molecule has 0 atom stereocenters. The lowest BCUT2D eigenvalue weighted by Gasteiger charge is -2.26. The first-order valence-corrected chi connectivity index (χ1v) is 14.2. The SMILES string of the molecule is CCc1cccc(CC)c1-c1cc(OC(C)C)c(CN(CCc2ccccc2)Cc2ccccc2F)c(C)n1. The molecule has 0 N–H and O–H groups in total. The molecule has 4 heteroatoms. The Balaban J connectivity index is 1.73. The number of rotatable bonds is 12. The average Bonchev–Trinajstić information content (AvgIpc) is 2.94. The van der Waals surface area contributed by atoms with E-state index in [4.69, 9.17) is 9.72 Å². The van der Waals surface area contributed by atoms with E-state index in [2.05, 4.69) is 88.0 Å². The summed E-state index contributed by atoms with van der Waals surface area (Å²) in [6, 6.07) is 26.2. The third-order valence-electron chi connectivity index (χ3n) is 7.20. The molecule has 0 spiro atoms. The molecule has 0 aliphatic carbocycles. The molecule has 0 saturated carbocycles. The van der Waals surface area contributed by atoms with Crippen LogP contribution in [0.15, 0.2) is 78.9 Å². The zero-order chi connectivity index (χ0) is 27.8. The van der Waals surface area contributed by atoms with Gasteiger partial charge in [-0.3, -0.25) is 9.88 Å². The van der Waals surface area contributed by atoms with Crippen molar-refractivity contribution in [1.82, 2.24) is 9.88 Å². The van der Waals surface area contributed by atoms with Crippen LogP contribution in [0.25, 0.3) is 11.3 Å². The lowest BCUT2D eigenvalue weighted by molar-refractivity contribution is 0.222. The minimum absolute atomic E-state index is 0.0230. The molecule has 3 aromatic carbocycles. The van der Waals surface area contributed by atoms with Gasteiger partial charge < -0.3 is 4.74 Å². The molecule has 0 bridgehead atoms. The van der Waals surface area contributed by atoms with E-state index in [-0.39, 0.29) is 11.9 Å². The summed E-state index contributed by atoms with van der Waals surface area (Å²) in [7, 11) is 0. The van der Waals surface area contributed by atoms with Gasteiger partial charge in [-0.25, -0.2) is 4.39 Å². The monoisotopic (exact) mass is 524 g/mol. The minimum Gasteiger partial charge on any atom is -0.491 e. The molecular weight excluding hydrogens is 483 g/mol. The third kappa shape index (κ3) is 7.33. The van der Waals surface area contributed by atoms with Crippen molar-refractivity contribution < 1.29 is 9.13 Å². The quantitative estimate of drug-likeness (QED) is 0.186. The van der Waals surface area contributed by atoms with Gasteiger partial charge in [0, 0.05) is 48.1 Å². The van der Waals surface area contributed by atoms with E-state index in [1.807, 2.05) is 18.2 Å². The molecule has 0 fully saturated rings. The Labute approximate surface area is 233 Å². The maximum Gasteiger partial charge on any atom is 0.128 e. The third-order valence-corrected chi connectivity index (χ3v) is 7.20. The molecule has 0 unspecified atom stereocenters. The number of nitrogens with zero attached hydrogens (tertiary/aromatic N) is 2. The van der Waals surface area contributed by atoms with Crippen LogP contribution in [0.4, 0.5) is 4.39 Å². The fraction of sp³-hybridized carbons (Fsp3) is 0.343. The van der Waals surface area contributed by atoms with E-state index in [0.29, 0.717) is 18.7 Å². The van der Waals surface area contributed by atoms with Crippen LogP contribution >= 0.6 is 0 Å². The van der Waals surface area contributed by atoms with Gasteiger partial charge in [-0.1, -0.05) is 80.6 Å². The second-order valence-electron chi connectivity index (χ2n) is 10.4. The number of pyridine rings is 1. The molecule has 0 radical (unpaired) electrons. The summed E-state index contributed by atoms with van der Waals surface area (Å²) in [5.41, 5.74) is 8.76. The first-order valence-electron chi connectivity index (χ1n) is 14.2. The molecular formula is C35H41FN2O. The summed E-state index contributed by atoms with van der Waals surface area (Å²) in [5, 5.41) is 0. The van der Waals surface area contributed by atoms with Crippen molar-refractivity contribution in [2.24, 2.45) is 0 Å². The lowest BCUT2D eigenvalue weighted by atomic mass is 9.94. The zero-order valence-electron chi connectivity index (χ0n) is 24.0. The van der Waals surface area contributed by atoms with Gasteiger partial charge in [-0.15, -0.1) is 0 Å². The Morgan fingerprint density at radius 2 is 1.46 bits per heavy atom. The van der Waals surface area contributed by atoms with Gasteiger partial charge in [0.1, 0.15) is 11.6 Å². The Hall–Kier alpha value is -3.50. The van der Waals surface area contributed by atoms with Crippen molar-refractivity contribution in [3.05, 3.63) is 118 Å². The first-order chi connectivity index (χ1) is 18.9. The summed E-state index contributed by atoms with van der Waals surface area (Å²) < 4.78 is 21.1. The standard InChI is InChI=1S/C35H41FN2O/c1-6-28-17-13-18-29(7-2)35(28)33-22-34(39-25(3)4)31(26(5)37-33)24-38(21-20-27-14-9-8-10-15-27)23-30-16-11-12-19-32(30)36/h8-19,22,25H,6-7,20-21,23-24H2,1-5H3. The van der Waals surface area contributed by atoms with Crippen molar-refractivity contribution >= 4 is 0 Å². The van der Waals surface area contributed by atoms with E-state index >= 15 is 0 Å². The Morgan fingerprint density at radius 3 is 2.10 bits per heavy atom. The van der Waals surface area contributed by atoms with Crippen molar-refractivity contribution in [3.63, 3.8) is 0 Å². The summed E-state index contributed by atoms with van der Waals surface area (Å²) in [4.78, 5) is 7.45. The van der Waals surface area contributed by atoms with Crippen molar-refractivity contribution in [2.75, 3.05) is 6.54 Å². The minimum atomic E-state index is -0.172. The molecule has 4 aromatic rings. The summed E-state index contributed by atoms with van der Waals surface area (Å²) in [5.74, 6) is 0.688. The van der Waals surface area contributed by atoms with Crippen LogP contribution in [-0.2, 0) is 32.4 Å². The van der Waals surface area contributed by atoms with E-state index in [9.17, 15) is 4.39 Å². The molecule has 4 rings (SSSR count). The Morgan fingerprint density at radius 1 is 0.821 bits per heavy atom. The van der Waals surface area contributed by atoms with Gasteiger partial charge >= 0.3 is 0 Å². The molecule has 1 heterocycles. The largest absolute Gasteiger partial charge is 0.491 e. The maximum absolute atomic E-state index is 14.7. The summed E-state index contributed by atoms with van der Waals surface area (Å²) in [6.45, 7) is 12.5. The molecule has 0 aliphatic heterocycles. The topological polar surface area (TPSA) is 25.4 Å². The average molecular weight is 525 g/mol. The maximum atomic E-state index is 14.7. The number of hydrogen-bond acceptors (Lipinski definition) is 3. The number of hydrogen-bond donors (Lipinski definition) is 0. The summed E-state index contributed by atoms with van der Waals surface area (Å²) >= 11 is 0. The van der Waals surface area contributed by atoms with Crippen LogP contribution in [0.2, 0.25) is 0 Å². The molecule has 3 nitrogen and oxygen atoms in total. The van der Waals surface area contributed by atoms with E-state index in [1.165, 1.54) is 28.3 Å². The number of aryl methyl sites for hydroxylation is 3. The molecule has 0 saturated heterocycles.